The highest BCUT2D eigenvalue weighted by Gasteiger charge is 2.19. The summed E-state index contributed by atoms with van der Waals surface area (Å²) in [5, 5.41) is 17.1. The molecule has 9 nitrogen and oxygen atoms in total. The molecule has 0 saturated carbocycles. The van der Waals surface area contributed by atoms with Crippen molar-refractivity contribution in [2.45, 2.75) is 13.0 Å². The first-order chi connectivity index (χ1) is 10.9. The Morgan fingerprint density at radius 1 is 1.35 bits per heavy atom. The summed E-state index contributed by atoms with van der Waals surface area (Å²) in [6.07, 6.45) is 2.26. The van der Waals surface area contributed by atoms with Crippen LogP contribution in [-0.4, -0.2) is 33.7 Å². The van der Waals surface area contributed by atoms with Crippen LogP contribution >= 0.6 is 0 Å². The molecule has 1 atom stereocenters. The van der Waals surface area contributed by atoms with Crippen molar-refractivity contribution in [3.8, 4) is 0 Å². The number of hydrogen-bond acceptors (Lipinski definition) is 6. The summed E-state index contributed by atoms with van der Waals surface area (Å²) in [4.78, 5) is 33.5. The molecule has 0 spiro atoms. The van der Waals surface area contributed by atoms with Gasteiger partial charge in [0.1, 0.15) is 18.4 Å². The van der Waals surface area contributed by atoms with Crippen molar-refractivity contribution in [2.24, 2.45) is 0 Å². The molecular weight excluding hydrogens is 304 g/mol. The number of benzene rings is 1. The SMILES string of the molecule is COC(=O)c1ccc(NC(=O)[C@@H](C)n2cc([N+](=O)[O-])cn2)cc1. The van der Waals surface area contributed by atoms with Gasteiger partial charge in [0.15, 0.2) is 0 Å². The Labute approximate surface area is 131 Å². The normalized spacial score (nSPS) is 11.6. The summed E-state index contributed by atoms with van der Waals surface area (Å²) < 4.78 is 5.79. The van der Waals surface area contributed by atoms with Crippen LogP contribution in [0.4, 0.5) is 11.4 Å². The second-order valence-electron chi connectivity index (χ2n) is 4.67. The van der Waals surface area contributed by atoms with Gasteiger partial charge in [-0.3, -0.25) is 19.6 Å². The molecular formula is C14H14N4O5. The zero-order chi connectivity index (χ0) is 17.0. The molecule has 1 aromatic carbocycles. The van der Waals surface area contributed by atoms with Crippen molar-refractivity contribution in [3.05, 3.63) is 52.3 Å². The van der Waals surface area contributed by atoms with Crippen LogP contribution in [0.5, 0.6) is 0 Å². The first kappa shape index (κ1) is 16.1. The van der Waals surface area contributed by atoms with Crippen molar-refractivity contribution in [2.75, 3.05) is 12.4 Å². The first-order valence-corrected chi connectivity index (χ1v) is 6.60. The van der Waals surface area contributed by atoms with E-state index >= 15 is 0 Å². The lowest BCUT2D eigenvalue weighted by Crippen LogP contribution is -2.24. The molecule has 23 heavy (non-hydrogen) atoms. The molecule has 2 aromatic rings. The van der Waals surface area contributed by atoms with Crippen LogP contribution in [0.1, 0.15) is 23.3 Å². The predicted molar refractivity (Wildman–Crippen MR) is 80.0 cm³/mol. The van der Waals surface area contributed by atoms with E-state index in [0.29, 0.717) is 11.3 Å². The molecule has 0 fully saturated rings. The lowest BCUT2D eigenvalue weighted by Gasteiger charge is -2.12. The van der Waals surface area contributed by atoms with Gasteiger partial charge >= 0.3 is 11.7 Å². The number of esters is 1. The van der Waals surface area contributed by atoms with Gasteiger partial charge in [-0.05, 0) is 31.2 Å². The van der Waals surface area contributed by atoms with Crippen molar-refractivity contribution in [1.82, 2.24) is 9.78 Å². The van der Waals surface area contributed by atoms with Crippen molar-refractivity contribution >= 4 is 23.3 Å². The topological polar surface area (TPSA) is 116 Å². The van der Waals surface area contributed by atoms with Gasteiger partial charge in [-0.1, -0.05) is 0 Å². The smallest absolute Gasteiger partial charge is 0.337 e. The maximum absolute atomic E-state index is 12.1. The number of aromatic nitrogens is 2. The van der Waals surface area contributed by atoms with E-state index in [2.05, 4.69) is 15.2 Å². The number of nitrogens with one attached hydrogen (secondary N) is 1. The van der Waals surface area contributed by atoms with E-state index in [1.165, 1.54) is 30.1 Å². The van der Waals surface area contributed by atoms with Gasteiger partial charge in [0.2, 0.25) is 5.91 Å². The number of methoxy groups -OCH3 is 1. The fourth-order valence-electron chi connectivity index (χ4n) is 1.81. The van der Waals surface area contributed by atoms with E-state index in [9.17, 15) is 19.7 Å². The molecule has 0 aliphatic rings. The monoisotopic (exact) mass is 318 g/mol. The summed E-state index contributed by atoms with van der Waals surface area (Å²) in [6, 6.07) is 5.42. The number of hydrogen-bond donors (Lipinski definition) is 1. The van der Waals surface area contributed by atoms with Crippen LogP contribution in [0.25, 0.3) is 0 Å². The summed E-state index contributed by atoms with van der Waals surface area (Å²) in [5.41, 5.74) is 0.657. The molecule has 2 rings (SSSR count). The summed E-state index contributed by atoms with van der Waals surface area (Å²) in [7, 11) is 1.28. The van der Waals surface area contributed by atoms with Gasteiger partial charge in [0, 0.05) is 5.69 Å². The molecule has 0 aliphatic carbocycles. The zero-order valence-electron chi connectivity index (χ0n) is 12.4. The highest BCUT2D eigenvalue weighted by atomic mass is 16.6. The molecule has 9 heteroatoms. The Balaban J connectivity index is 2.05. The van der Waals surface area contributed by atoms with Gasteiger partial charge < -0.3 is 10.1 Å². The summed E-state index contributed by atoms with van der Waals surface area (Å²) in [5.74, 6) is -0.867. The largest absolute Gasteiger partial charge is 0.465 e. The number of nitro groups is 1. The second kappa shape index (κ2) is 6.69. The van der Waals surface area contributed by atoms with Gasteiger partial charge in [0.05, 0.1) is 17.6 Å². The van der Waals surface area contributed by atoms with E-state index in [1.54, 1.807) is 19.1 Å². The lowest BCUT2D eigenvalue weighted by molar-refractivity contribution is -0.385. The number of rotatable bonds is 5. The molecule has 0 aliphatic heterocycles. The third-order valence-corrected chi connectivity index (χ3v) is 3.15. The molecule has 1 amide bonds. The van der Waals surface area contributed by atoms with Gasteiger partial charge in [-0.2, -0.15) is 5.10 Å². The maximum Gasteiger partial charge on any atom is 0.337 e. The van der Waals surface area contributed by atoms with Crippen LogP contribution in [0.2, 0.25) is 0 Å². The Morgan fingerprint density at radius 3 is 2.52 bits per heavy atom. The van der Waals surface area contributed by atoms with E-state index in [4.69, 9.17) is 0 Å². The van der Waals surface area contributed by atoms with Crippen LogP contribution in [0.3, 0.4) is 0 Å². The van der Waals surface area contributed by atoms with Crippen molar-refractivity contribution in [1.29, 1.82) is 0 Å². The Bertz CT molecular complexity index is 738. The van der Waals surface area contributed by atoms with Crippen LogP contribution < -0.4 is 5.32 Å². The highest BCUT2D eigenvalue weighted by Crippen LogP contribution is 2.16. The molecule has 0 saturated heterocycles. The van der Waals surface area contributed by atoms with Gasteiger partial charge in [0.25, 0.3) is 0 Å². The minimum atomic E-state index is -0.732. The number of amides is 1. The number of anilines is 1. The van der Waals surface area contributed by atoms with Crippen LogP contribution in [0, 0.1) is 10.1 Å². The third-order valence-electron chi connectivity index (χ3n) is 3.15. The second-order valence-corrected chi connectivity index (χ2v) is 4.67. The molecule has 0 unspecified atom stereocenters. The average molecular weight is 318 g/mol. The Kier molecular flexibility index (Phi) is 4.69. The summed E-state index contributed by atoms with van der Waals surface area (Å²) in [6.45, 7) is 1.56. The number of carbonyl (C=O) groups excluding carboxylic acids is 2. The van der Waals surface area contributed by atoms with E-state index in [0.717, 1.165) is 6.20 Å². The van der Waals surface area contributed by atoms with E-state index in [1.807, 2.05) is 0 Å². The number of carbonyl (C=O) groups is 2. The molecule has 0 bridgehead atoms. The third kappa shape index (κ3) is 3.70. The fourth-order valence-corrected chi connectivity index (χ4v) is 1.81. The van der Waals surface area contributed by atoms with Crippen LogP contribution in [-0.2, 0) is 9.53 Å². The minimum absolute atomic E-state index is 0.188. The number of ether oxygens (including phenoxy) is 1. The van der Waals surface area contributed by atoms with Gasteiger partial charge in [-0.25, -0.2) is 4.79 Å². The predicted octanol–water partition coefficient (Wildman–Crippen LogP) is 1.78. The Morgan fingerprint density at radius 2 is 2.00 bits per heavy atom. The quantitative estimate of drug-likeness (QED) is 0.510. The molecule has 0 radical (unpaired) electrons. The molecule has 1 aromatic heterocycles. The van der Waals surface area contributed by atoms with E-state index in [-0.39, 0.29) is 5.69 Å². The average Bonchev–Trinajstić information content (AvgIpc) is 3.04. The highest BCUT2D eigenvalue weighted by molar-refractivity contribution is 5.94. The minimum Gasteiger partial charge on any atom is -0.465 e. The van der Waals surface area contributed by atoms with Crippen molar-refractivity contribution in [3.63, 3.8) is 0 Å². The van der Waals surface area contributed by atoms with Crippen molar-refractivity contribution < 1.29 is 19.2 Å². The maximum atomic E-state index is 12.1. The van der Waals surface area contributed by atoms with Gasteiger partial charge in [-0.15, -0.1) is 0 Å². The summed E-state index contributed by atoms with van der Waals surface area (Å²) >= 11 is 0. The first-order valence-electron chi connectivity index (χ1n) is 6.60. The lowest BCUT2D eigenvalue weighted by atomic mass is 10.2. The Hall–Kier alpha value is -3.23. The van der Waals surface area contributed by atoms with E-state index < -0.39 is 22.8 Å². The zero-order valence-corrected chi connectivity index (χ0v) is 12.4. The number of nitrogens with zero attached hydrogens (tertiary/aromatic N) is 3. The molecule has 1 heterocycles. The molecule has 120 valence electrons. The van der Waals surface area contributed by atoms with Crippen LogP contribution in [0.15, 0.2) is 36.7 Å². The molecule has 1 N–H and O–H groups in total. The standard InChI is InChI=1S/C14H14N4O5/c1-9(17-8-12(7-15-17)18(21)22)13(19)16-11-5-3-10(4-6-11)14(20)23-2/h3-9H,1-2H3,(H,16,19)/t9-/m1/s1. The fraction of sp³-hybridized carbons (Fsp3) is 0.214.